The number of nitrogens with zero attached hydrogens (tertiary/aromatic N) is 4. The van der Waals surface area contributed by atoms with Gasteiger partial charge in [-0.3, -0.25) is 0 Å². The SMILES string of the molecule is CC1C=Cc2c(n(-c3cc(-c4ccc(-c5ccccc5-n5c6ccccc6c6ccccc65)c(C#N)c4)ccc3C#N)c3ccccc23)C1. The van der Waals surface area contributed by atoms with E-state index in [1.165, 1.54) is 27.4 Å². The Balaban J connectivity index is 1.20. The number of nitriles is 2. The van der Waals surface area contributed by atoms with E-state index in [1.807, 2.05) is 24.3 Å². The number of aromatic nitrogens is 2. The summed E-state index contributed by atoms with van der Waals surface area (Å²) in [5.41, 5.74) is 12.6. The van der Waals surface area contributed by atoms with Crippen LogP contribution >= 0.6 is 0 Å². The maximum Gasteiger partial charge on any atom is 0.101 e. The van der Waals surface area contributed by atoms with Crippen LogP contribution in [-0.4, -0.2) is 9.13 Å². The van der Waals surface area contributed by atoms with Crippen LogP contribution in [0.2, 0.25) is 0 Å². The topological polar surface area (TPSA) is 57.4 Å². The highest BCUT2D eigenvalue weighted by atomic mass is 15.0. The maximum absolute atomic E-state index is 10.6. The summed E-state index contributed by atoms with van der Waals surface area (Å²) in [6.07, 6.45) is 5.40. The predicted octanol–water partition coefficient (Wildman–Crippen LogP) is 11.0. The highest BCUT2D eigenvalue weighted by molar-refractivity contribution is 6.09. The molecule has 0 fully saturated rings. The fraction of sp³-hybridized carbons (Fsp3) is 0.0667. The first-order chi connectivity index (χ1) is 24.1. The molecular formula is C45H30N4. The summed E-state index contributed by atoms with van der Waals surface area (Å²) >= 11 is 0. The Morgan fingerprint density at radius 3 is 1.86 bits per heavy atom. The van der Waals surface area contributed by atoms with Crippen LogP contribution in [0.4, 0.5) is 0 Å². The van der Waals surface area contributed by atoms with E-state index in [1.54, 1.807) is 0 Å². The van der Waals surface area contributed by atoms with Crippen LogP contribution in [-0.2, 0) is 6.42 Å². The zero-order valence-electron chi connectivity index (χ0n) is 26.9. The van der Waals surface area contributed by atoms with Crippen molar-refractivity contribution in [2.24, 2.45) is 5.92 Å². The molecule has 2 heterocycles. The monoisotopic (exact) mass is 626 g/mol. The first-order valence-corrected chi connectivity index (χ1v) is 16.6. The number of fused-ring (bicyclic) bond motifs is 6. The van der Waals surface area contributed by atoms with Crippen LogP contribution in [0.3, 0.4) is 0 Å². The van der Waals surface area contributed by atoms with Crippen molar-refractivity contribution in [3.05, 3.63) is 162 Å². The lowest BCUT2D eigenvalue weighted by atomic mass is 9.93. The lowest BCUT2D eigenvalue weighted by Crippen LogP contribution is -2.09. The molecule has 1 atom stereocenters. The fourth-order valence-corrected chi connectivity index (χ4v) is 7.73. The zero-order valence-corrected chi connectivity index (χ0v) is 26.9. The lowest BCUT2D eigenvalue weighted by Gasteiger charge is -2.19. The van der Waals surface area contributed by atoms with Crippen LogP contribution < -0.4 is 0 Å². The van der Waals surface area contributed by atoms with Crippen molar-refractivity contribution >= 4 is 38.8 Å². The van der Waals surface area contributed by atoms with Gasteiger partial charge in [-0.1, -0.05) is 110 Å². The van der Waals surface area contributed by atoms with E-state index in [9.17, 15) is 10.5 Å². The van der Waals surface area contributed by atoms with Crippen molar-refractivity contribution in [1.29, 1.82) is 10.5 Å². The summed E-state index contributed by atoms with van der Waals surface area (Å²) < 4.78 is 4.58. The van der Waals surface area contributed by atoms with E-state index in [2.05, 4.69) is 150 Å². The molecule has 230 valence electrons. The van der Waals surface area contributed by atoms with Gasteiger partial charge in [0.1, 0.15) is 6.07 Å². The lowest BCUT2D eigenvalue weighted by molar-refractivity contribution is 0.690. The Bertz CT molecular complexity index is 2690. The molecule has 8 aromatic rings. The van der Waals surface area contributed by atoms with E-state index in [0.717, 1.165) is 56.6 Å². The van der Waals surface area contributed by atoms with Gasteiger partial charge in [-0.05, 0) is 65.9 Å². The van der Waals surface area contributed by atoms with Crippen molar-refractivity contribution in [1.82, 2.24) is 9.13 Å². The van der Waals surface area contributed by atoms with E-state index in [4.69, 9.17) is 0 Å². The summed E-state index contributed by atoms with van der Waals surface area (Å²) in [5, 5.41) is 24.4. The van der Waals surface area contributed by atoms with Crippen LogP contribution in [0.25, 0.3) is 72.4 Å². The quantitative estimate of drug-likeness (QED) is 0.195. The van der Waals surface area contributed by atoms with Gasteiger partial charge in [0.15, 0.2) is 0 Å². The van der Waals surface area contributed by atoms with Crippen LogP contribution in [0.15, 0.2) is 140 Å². The fourth-order valence-electron chi connectivity index (χ4n) is 7.73. The molecule has 0 saturated carbocycles. The standard InChI is InChI=1S/C45H30N4/c1-29-18-22-39-38-13-5-9-17-43(38)49(45(39)24-29)44-26-31(19-20-32(44)27-46)30-21-23-34(33(25-30)28-47)35-10-2-6-14-40(35)48-41-15-7-3-11-36(41)37-12-4-8-16-42(37)48/h2-23,25-26,29H,24H2,1H3. The second-order valence-electron chi connectivity index (χ2n) is 12.9. The van der Waals surface area contributed by atoms with Crippen LogP contribution in [0, 0.1) is 28.6 Å². The average molecular weight is 627 g/mol. The Kier molecular flexibility index (Phi) is 6.57. The largest absolute Gasteiger partial charge is 0.312 e. The Labute approximate surface area is 284 Å². The Morgan fingerprint density at radius 1 is 0.551 bits per heavy atom. The van der Waals surface area contributed by atoms with Crippen LogP contribution in [0.5, 0.6) is 0 Å². The van der Waals surface area contributed by atoms with Crippen molar-refractivity contribution in [3.63, 3.8) is 0 Å². The molecule has 1 aliphatic carbocycles. The maximum atomic E-state index is 10.6. The van der Waals surface area contributed by atoms with Gasteiger partial charge in [0.05, 0.1) is 45.1 Å². The Morgan fingerprint density at radius 2 is 1.14 bits per heavy atom. The minimum absolute atomic E-state index is 0.403. The van der Waals surface area contributed by atoms with Gasteiger partial charge in [-0.15, -0.1) is 0 Å². The smallest absolute Gasteiger partial charge is 0.101 e. The second kappa shape index (κ2) is 11.3. The van der Waals surface area contributed by atoms with E-state index in [0.29, 0.717) is 17.0 Å². The highest BCUT2D eigenvalue weighted by Gasteiger charge is 2.23. The minimum Gasteiger partial charge on any atom is -0.312 e. The van der Waals surface area contributed by atoms with Gasteiger partial charge < -0.3 is 9.13 Å². The summed E-state index contributed by atoms with van der Waals surface area (Å²) in [7, 11) is 0. The number of hydrogen-bond acceptors (Lipinski definition) is 2. The van der Waals surface area contributed by atoms with Gasteiger partial charge in [-0.2, -0.15) is 10.5 Å². The van der Waals surface area contributed by atoms with Gasteiger partial charge in [0.2, 0.25) is 0 Å². The van der Waals surface area contributed by atoms with E-state index < -0.39 is 0 Å². The molecule has 0 amide bonds. The molecular weight excluding hydrogens is 597 g/mol. The summed E-state index contributed by atoms with van der Waals surface area (Å²) in [4.78, 5) is 0. The van der Waals surface area contributed by atoms with Gasteiger partial charge in [0, 0.05) is 38.5 Å². The first kappa shape index (κ1) is 28.6. The van der Waals surface area contributed by atoms with Gasteiger partial charge in [0.25, 0.3) is 0 Å². The van der Waals surface area contributed by atoms with E-state index in [-0.39, 0.29) is 0 Å². The number of benzene rings is 6. The molecule has 9 rings (SSSR count). The molecule has 49 heavy (non-hydrogen) atoms. The second-order valence-corrected chi connectivity index (χ2v) is 12.9. The van der Waals surface area contributed by atoms with Gasteiger partial charge in [-0.25, -0.2) is 0 Å². The molecule has 1 unspecified atom stereocenters. The van der Waals surface area contributed by atoms with Crippen molar-refractivity contribution in [3.8, 4) is 45.8 Å². The molecule has 0 spiro atoms. The summed E-state index contributed by atoms with van der Waals surface area (Å²) in [6.45, 7) is 2.23. The molecule has 6 aromatic carbocycles. The zero-order chi connectivity index (χ0) is 33.1. The molecule has 0 bridgehead atoms. The molecule has 0 saturated heterocycles. The molecule has 4 heteroatoms. The van der Waals surface area contributed by atoms with Crippen molar-refractivity contribution in [2.45, 2.75) is 13.3 Å². The van der Waals surface area contributed by atoms with Crippen molar-refractivity contribution in [2.75, 3.05) is 0 Å². The van der Waals surface area contributed by atoms with Crippen molar-refractivity contribution < 1.29 is 0 Å². The predicted molar refractivity (Wildman–Crippen MR) is 200 cm³/mol. The molecule has 0 N–H and O–H groups in total. The molecule has 0 aliphatic heterocycles. The molecule has 2 aromatic heterocycles. The third kappa shape index (κ3) is 4.43. The summed E-state index contributed by atoms with van der Waals surface area (Å²) in [6, 6.07) is 50.8. The molecule has 4 nitrogen and oxygen atoms in total. The summed E-state index contributed by atoms with van der Waals surface area (Å²) in [5.74, 6) is 0.403. The number of para-hydroxylation sites is 4. The molecule has 1 aliphatic rings. The highest BCUT2D eigenvalue weighted by Crippen LogP contribution is 2.40. The number of allylic oxidation sites excluding steroid dienone is 1. The van der Waals surface area contributed by atoms with E-state index >= 15 is 0 Å². The third-order valence-corrected chi connectivity index (χ3v) is 9.97. The third-order valence-electron chi connectivity index (χ3n) is 9.97. The molecule has 0 radical (unpaired) electrons. The first-order valence-electron chi connectivity index (χ1n) is 16.6. The normalized spacial score (nSPS) is 13.8. The average Bonchev–Trinajstić information content (AvgIpc) is 3.66. The van der Waals surface area contributed by atoms with Gasteiger partial charge >= 0.3 is 0 Å². The Hall–Kier alpha value is -6.62. The van der Waals surface area contributed by atoms with Crippen LogP contribution in [0.1, 0.15) is 29.3 Å². The number of rotatable bonds is 4. The number of hydrogen-bond donors (Lipinski definition) is 0. The minimum atomic E-state index is 0.403.